The molecule has 0 bridgehead atoms. The van der Waals surface area contributed by atoms with Gasteiger partial charge < -0.3 is 9.64 Å². The van der Waals surface area contributed by atoms with Crippen LogP contribution in [0.3, 0.4) is 0 Å². The quantitative estimate of drug-likeness (QED) is 0.797. The van der Waals surface area contributed by atoms with Gasteiger partial charge in [0.05, 0.1) is 11.0 Å². The highest BCUT2D eigenvalue weighted by molar-refractivity contribution is 7.91. The van der Waals surface area contributed by atoms with Crippen molar-refractivity contribution in [3.8, 4) is 0 Å². The number of carbonyl (C=O) groups is 1. The minimum Gasteiger partial charge on any atom is -0.372 e. The number of rotatable bonds is 6. The summed E-state index contributed by atoms with van der Waals surface area (Å²) in [7, 11) is -3.17. The molecule has 1 saturated heterocycles. The number of hydrogen-bond donors (Lipinski definition) is 0. The van der Waals surface area contributed by atoms with E-state index in [1.165, 1.54) is 0 Å². The molecule has 0 unspecified atom stereocenters. The largest absolute Gasteiger partial charge is 0.372 e. The second-order valence-corrected chi connectivity index (χ2v) is 7.79. The number of ether oxygens (including phenoxy) is 1. The number of nitrogens with zero attached hydrogens (tertiary/aromatic N) is 1. The van der Waals surface area contributed by atoms with Crippen LogP contribution in [0.25, 0.3) is 0 Å². The standard InChI is InChI=1S/C16H23NO4S/c1-2-21-12-16(18)17-10-8-15(9-11-17)22(19,20)13-14-6-4-3-5-7-14/h3-7,15H,2,8-13H2,1H3. The summed E-state index contributed by atoms with van der Waals surface area (Å²) < 4.78 is 30.1. The molecule has 0 aromatic heterocycles. The number of likely N-dealkylation sites (tertiary alicyclic amines) is 1. The third-order valence-corrected chi connectivity index (χ3v) is 6.17. The fourth-order valence-corrected chi connectivity index (χ4v) is 4.49. The van der Waals surface area contributed by atoms with Gasteiger partial charge >= 0.3 is 0 Å². The molecular weight excluding hydrogens is 302 g/mol. The molecule has 0 aliphatic carbocycles. The van der Waals surface area contributed by atoms with Crippen LogP contribution in [0.15, 0.2) is 30.3 Å². The van der Waals surface area contributed by atoms with Crippen LogP contribution in [-0.4, -0.2) is 50.8 Å². The Labute approximate surface area is 132 Å². The first-order chi connectivity index (χ1) is 10.5. The zero-order chi connectivity index (χ0) is 16.0. The molecule has 1 aromatic carbocycles. The molecule has 1 aromatic rings. The summed E-state index contributed by atoms with van der Waals surface area (Å²) in [6, 6.07) is 9.23. The number of piperidine rings is 1. The smallest absolute Gasteiger partial charge is 0.248 e. The Kier molecular flexibility index (Phi) is 5.97. The van der Waals surface area contributed by atoms with Gasteiger partial charge in [-0.3, -0.25) is 4.79 Å². The summed E-state index contributed by atoms with van der Waals surface area (Å²) in [6.45, 7) is 3.41. The molecule has 1 aliphatic heterocycles. The lowest BCUT2D eigenvalue weighted by Crippen LogP contribution is -2.44. The van der Waals surface area contributed by atoms with Crippen LogP contribution in [-0.2, 0) is 25.1 Å². The van der Waals surface area contributed by atoms with E-state index in [9.17, 15) is 13.2 Å². The van der Waals surface area contributed by atoms with Crippen molar-refractivity contribution < 1.29 is 17.9 Å². The van der Waals surface area contributed by atoms with Crippen LogP contribution < -0.4 is 0 Å². The molecule has 122 valence electrons. The van der Waals surface area contributed by atoms with E-state index in [4.69, 9.17) is 4.74 Å². The summed E-state index contributed by atoms with van der Waals surface area (Å²) in [5, 5.41) is -0.358. The highest BCUT2D eigenvalue weighted by atomic mass is 32.2. The Balaban J connectivity index is 1.89. The number of benzene rings is 1. The zero-order valence-electron chi connectivity index (χ0n) is 12.9. The van der Waals surface area contributed by atoms with Crippen LogP contribution in [0, 0.1) is 0 Å². The molecule has 22 heavy (non-hydrogen) atoms. The lowest BCUT2D eigenvalue weighted by molar-refractivity contribution is -0.136. The highest BCUT2D eigenvalue weighted by Gasteiger charge is 2.31. The van der Waals surface area contributed by atoms with Gasteiger partial charge in [0.2, 0.25) is 5.91 Å². The maximum atomic E-state index is 12.5. The monoisotopic (exact) mass is 325 g/mol. The average Bonchev–Trinajstić information content (AvgIpc) is 2.53. The third-order valence-electron chi connectivity index (χ3n) is 3.94. The summed E-state index contributed by atoms with van der Waals surface area (Å²) in [6.07, 6.45) is 1.01. The van der Waals surface area contributed by atoms with E-state index in [1.54, 1.807) is 4.90 Å². The van der Waals surface area contributed by atoms with E-state index >= 15 is 0 Å². The summed E-state index contributed by atoms with van der Waals surface area (Å²) in [5.41, 5.74) is 0.817. The molecule has 6 heteroatoms. The second kappa shape index (κ2) is 7.74. The van der Waals surface area contributed by atoms with Crippen molar-refractivity contribution in [1.82, 2.24) is 4.90 Å². The normalized spacial score (nSPS) is 16.7. The van der Waals surface area contributed by atoms with E-state index in [0.717, 1.165) is 5.56 Å². The van der Waals surface area contributed by atoms with Crippen molar-refractivity contribution in [3.05, 3.63) is 35.9 Å². The molecule has 1 heterocycles. The first kappa shape index (κ1) is 17.0. The van der Waals surface area contributed by atoms with Gasteiger partial charge in [-0.05, 0) is 25.3 Å². The third kappa shape index (κ3) is 4.55. The van der Waals surface area contributed by atoms with E-state index < -0.39 is 9.84 Å². The van der Waals surface area contributed by atoms with Gasteiger partial charge in [0.15, 0.2) is 9.84 Å². The van der Waals surface area contributed by atoms with Crippen LogP contribution >= 0.6 is 0 Å². The van der Waals surface area contributed by atoms with Gasteiger partial charge in [-0.25, -0.2) is 8.42 Å². The first-order valence-corrected chi connectivity index (χ1v) is 9.35. The Hall–Kier alpha value is -1.40. The van der Waals surface area contributed by atoms with E-state index in [1.807, 2.05) is 37.3 Å². The second-order valence-electron chi connectivity index (χ2n) is 5.51. The predicted octanol–water partition coefficient (Wildman–Crippen LogP) is 1.63. The molecule has 0 spiro atoms. The molecule has 5 nitrogen and oxygen atoms in total. The number of hydrogen-bond acceptors (Lipinski definition) is 4. The van der Waals surface area contributed by atoms with Crippen LogP contribution in [0.2, 0.25) is 0 Å². The van der Waals surface area contributed by atoms with E-state index in [-0.39, 0.29) is 23.5 Å². The summed E-state index contributed by atoms with van der Waals surface area (Å²) >= 11 is 0. The minimum atomic E-state index is -3.17. The fourth-order valence-electron chi connectivity index (χ4n) is 2.67. The van der Waals surface area contributed by atoms with Crippen LogP contribution in [0.1, 0.15) is 25.3 Å². The van der Waals surface area contributed by atoms with Gasteiger partial charge in [-0.1, -0.05) is 30.3 Å². The fraction of sp³-hybridized carbons (Fsp3) is 0.562. The van der Waals surface area contributed by atoms with Gasteiger partial charge in [-0.2, -0.15) is 0 Å². The minimum absolute atomic E-state index is 0.0549. The molecule has 0 saturated carbocycles. The number of sulfone groups is 1. The Morgan fingerprint density at radius 3 is 2.45 bits per heavy atom. The van der Waals surface area contributed by atoms with Gasteiger partial charge in [-0.15, -0.1) is 0 Å². The van der Waals surface area contributed by atoms with Crippen molar-refractivity contribution in [2.24, 2.45) is 0 Å². The Bertz CT molecular complexity index is 577. The van der Waals surface area contributed by atoms with Crippen molar-refractivity contribution >= 4 is 15.7 Å². The SMILES string of the molecule is CCOCC(=O)N1CCC(S(=O)(=O)Cc2ccccc2)CC1. The number of carbonyl (C=O) groups excluding carboxylic acids is 1. The Morgan fingerprint density at radius 2 is 1.86 bits per heavy atom. The maximum absolute atomic E-state index is 12.5. The predicted molar refractivity (Wildman–Crippen MR) is 85.2 cm³/mol. The first-order valence-electron chi connectivity index (χ1n) is 7.64. The molecular formula is C16H23NO4S. The van der Waals surface area contributed by atoms with Gasteiger partial charge in [0.25, 0.3) is 0 Å². The lowest BCUT2D eigenvalue weighted by atomic mass is 10.1. The summed E-state index contributed by atoms with van der Waals surface area (Å²) in [4.78, 5) is 13.6. The van der Waals surface area contributed by atoms with Crippen LogP contribution in [0.4, 0.5) is 0 Å². The van der Waals surface area contributed by atoms with Gasteiger partial charge in [0.1, 0.15) is 6.61 Å². The van der Waals surface area contributed by atoms with Crippen molar-refractivity contribution in [2.45, 2.75) is 30.8 Å². The van der Waals surface area contributed by atoms with Gasteiger partial charge in [0, 0.05) is 19.7 Å². The van der Waals surface area contributed by atoms with Crippen LogP contribution in [0.5, 0.6) is 0 Å². The van der Waals surface area contributed by atoms with Crippen molar-refractivity contribution in [2.75, 3.05) is 26.3 Å². The molecule has 2 rings (SSSR count). The maximum Gasteiger partial charge on any atom is 0.248 e. The molecule has 0 N–H and O–H groups in total. The lowest BCUT2D eigenvalue weighted by Gasteiger charge is -2.31. The Morgan fingerprint density at radius 1 is 1.23 bits per heavy atom. The highest BCUT2D eigenvalue weighted by Crippen LogP contribution is 2.21. The molecule has 0 radical (unpaired) electrons. The zero-order valence-corrected chi connectivity index (χ0v) is 13.7. The van der Waals surface area contributed by atoms with E-state index in [0.29, 0.717) is 32.5 Å². The summed E-state index contributed by atoms with van der Waals surface area (Å²) in [5.74, 6) is 0.0199. The molecule has 1 fully saturated rings. The molecule has 1 amide bonds. The van der Waals surface area contributed by atoms with Crippen molar-refractivity contribution in [3.63, 3.8) is 0 Å². The molecule has 0 atom stereocenters. The van der Waals surface area contributed by atoms with E-state index in [2.05, 4.69) is 0 Å². The molecule has 1 aliphatic rings. The topological polar surface area (TPSA) is 63.7 Å². The van der Waals surface area contributed by atoms with Crippen molar-refractivity contribution in [1.29, 1.82) is 0 Å². The average molecular weight is 325 g/mol. The number of amides is 1.